The average molecular weight is 633 g/mol. The number of hydrogen-bond acceptors (Lipinski definition) is 8. The van der Waals surface area contributed by atoms with Gasteiger partial charge in [0.1, 0.15) is 29.0 Å². The summed E-state index contributed by atoms with van der Waals surface area (Å²) in [5.74, 6) is 0.361. The summed E-state index contributed by atoms with van der Waals surface area (Å²) in [6, 6.07) is 14.2. The van der Waals surface area contributed by atoms with E-state index >= 15 is 0 Å². The first-order chi connectivity index (χ1) is 20.4. The summed E-state index contributed by atoms with van der Waals surface area (Å²) in [5.41, 5.74) is 0.161. The molecule has 0 aliphatic carbocycles. The van der Waals surface area contributed by atoms with Crippen LogP contribution in [0.5, 0.6) is 11.5 Å². The van der Waals surface area contributed by atoms with Crippen molar-refractivity contribution in [1.29, 1.82) is 0 Å². The van der Waals surface area contributed by atoms with E-state index in [2.05, 4.69) is 10.3 Å². The predicted octanol–water partition coefficient (Wildman–Crippen LogP) is 6.12. The third kappa shape index (κ3) is 10.0. The Morgan fingerprint density at radius 3 is 2.26 bits per heavy atom. The molecule has 1 aromatic heterocycles. The Morgan fingerprint density at radius 1 is 0.977 bits per heavy atom. The molecule has 230 valence electrons. The molecule has 0 aliphatic rings. The Morgan fingerprint density at radius 2 is 1.65 bits per heavy atom. The number of nitrogens with one attached hydrogen (secondary N) is 1. The highest BCUT2D eigenvalue weighted by Gasteiger charge is 2.26. The van der Waals surface area contributed by atoms with Crippen LogP contribution >= 0.6 is 23.2 Å². The Kier molecular flexibility index (Phi) is 12.0. The van der Waals surface area contributed by atoms with Crippen LogP contribution in [0, 0.1) is 0 Å². The van der Waals surface area contributed by atoms with Crippen LogP contribution in [0.15, 0.2) is 60.8 Å². The van der Waals surface area contributed by atoms with E-state index in [1.54, 1.807) is 88.7 Å². The zero-order valence-corrected chi connectivity index (χ0v) is 26.2. The van der Waals surface area contributed by atoms with E-state index < -0.39 is 29.6 Å². The van der Waals surface area contributed by atoms with Gasteiger partial charge in [-0.25, -0.2) is 14.6 Å². The number of benzene rings is 2. The molecular formula is C31H35Cl2N3O7. The van der Waals surface area contributed by atoms with Crippen LogP contribution in [0.1, 0.15) is 43.1 Å². The number of carbonyl (C=O) groups is 3. The molecule has 1 heterocycles. The van der Waals surface area contributed by atoms with Gasteiger partial charge >= 0.3 is 12.1 Å². The number of amides is 2. The lowest BCUT2D eigenvalue weighted by molar-refractivity contribution is -0.142. The van der Waals surface area contributed by atoms with Crippen molar-refractivity contribution in [2.45, 2.75) is 45.3 Å². The number of esters is 1. The Labute approximate surface area is 261 Å². The number of pyridine rings is 1. The van der Waals surface area contributed by atoms with Crippen LogP contribution in [0.2, 0.25) is 10.0 Å². The van der Waals surface area contributed by atoms with Crippen molar-refractivity contribution < 1.29 is 33.3 Å². The van der Waals surface area contributed by atoms with Gasteiger partial charge < -0.3 is 24.3 Å². The summed E-state index contributed by atoms with van der Waals surface area (Å²) >= 11 is 12.3. The topological polar surface area (TPSA) is 116 Å². The van der Waals surface area contributed by atoms with Gasteiger partial charge in [0.2, 0.25) is 0 Å². The number of hydrogen-bond donors (Lipinski definition) is 1. The molecule has 3 aromatic rings. The smallest absolute Gasteiger partial charge is 0.416 e. The van der Waals surface area contributed by atoms with Crippen molar-refractivity contribution in [2.24, 2.45) is 0 Å². The van der Waals surface area contributed by atoms with Crippen molar-refractivity contribution in [2.75, 3.05) is 32.3 Å². The van der Waals surface area contributed by atoms with Gasteiger partial charge in [-0.05, 0) is 63.1 Å². The molecule has 0 aliphatic heterocycles. The SMILES string of the molecule is COC(=O)[C@H](Cc1ccc(OCCCN(C(=O)OC(C)(C)C)c2cc(OC)ccn2)cc1)NC(=O)c1c(Cl)cccc1Cl. The van der Waals surface area contributed by atoms with Crippen molar-refractivity contribution in [3.63, 3.8) is 0 Å². The van der Waals surface area contributed by atoms with E-state index in [0.717, 1.165) is 5.56 Å². The van der Waals surface area contributed by atoms with E-state index in [-0.39, 0.29) is 22.0 Å². The van der Waals surface area contributed by atoms with E-state index in [9.17, 15) is 14.4 Å². The predicted molar refractivity (Wildman–Crippen MR) is 164 cm³/mol. The molecule has 0 bridgehead atoms. The van der Waals surface area contributed by atoms with Gasteiger partial charge in [0.05, 0.1) is 36.4 Å². The summed E-state index contributed by atoms with van der Waals surface area (Å²) in [7, 11) is 2.79. The molecule has 0 unspecified atom stereocenters. The summed E-state index contributed by atoms with van der Waals surface area (Å²) in [5, 5.41) is 3.00. The van der Waals surface area contributed by atoms with Gasteiger partial charge in [-0.1, -0.05) is 41.4 Å². The highest BCUT2D eigenvalue weighted by molar-refractivity contribution is 6.39. The van der Waals surface area contributed by atoms with E-state index in [4.69, 9.17) is 42.1 Å². The van der Waals surface area contributed by atoms with Crippen molar-refractivity contribution in [3.05, 3.63) is 82.0 Å². The molecule has 2 amide bonds. The fourth-order valence-electron chi connectivity index (χ4n) is 3.94. The van der Waals surface area contributed by atoms with E-state index in [0.29, 0.717) is 36.9 Å². The molecule has 0 saturated heterocycles. The molecule has 43 heavy (non-hydrogen) atoms. The lowest BCUT2D eigenvalue weighted by Gasteiger charge is -2.27. The summed E-state index contributed by atoms with van der Waals surface area (Å²) in [6.07, 6.45) is 1.69. The number of ether oxygens (including phenoxy) is 4. The van der Waals surface area contributed by atoms with Crippen molar-refractivity contribution in [1.82, 2.24) is 10.3 Å². The standard InChI is InChI=1S/C31H35Cl2N3O7/c1-31(2,3)43-30(39)36(26-19-22(40-4)14-15-34-26)16-7-17-42-21-12-10-20(11-13-21)18-25(29(38)41-5)35-28(37)27-23(32)8-6-9-24(27)33/h6,8-15,19,25H,7,16-18H2,1-5H3,(H,35,37)/t25-/m0/s1. The fourth-order valence-corrected chi connectivity index (χ4v) is 4.51. The number of halogens is 2. The summed E-state index contributed by atoms with van der Waals surface area (Å²) < 4.78 is 21.6. The third-order valence-corrected chi connectivity index (χ3v) is 6.61. The van der Waals surface area contributed by atoms with Crippen molar-refractivity contribution in [3.8, 4) is 11.5 Å². The molecule has 0 radical (unpaired) electrons. The molecule has 12 heteroatoms. The van der Waals surface area contributed by atoms with Crippen molar-refractivity contribution >= 4 is 47.0 Å². The lowest BCUT2D eigenvalue weighted by Crippen LogP contribution is -2.43. The zero-order chi connectivity index (χ0) is 31.6. The minimum absolute atomic E-state index is 0.0795. The normalized spacial score (nSPS) is 11.7. The van der Waals surface area contributed by atoms with E-state index in [1.807, 2.05) is 0 Å². The number of methoxy groups -OCH3 is 2. The Hall–Kier alpha value is -4.02. The maximum atomic E-state index is 12.9. The average Bonchev–Trinajstić information content (AvgIpc) is 2.96. The maximum Gasteiger partial charge on any atom is 0.416 e. The molecule has 10 nitrogen and oxygen atoms in total. The number of aromatic nitrogens is 1. The first-order valence-electron chi connectivity index (χ1n) is 13.5. The molecule has 0 saturated carbocycles. The first-order valence-corrected chi connectivity index (χ1v) is 14.2. The molecule has 1 atom stereocenters. The number of rotatable bonds is 12. The van der Waals surface area contributed by atoms with Gasteiger partial charge in [0.15, 0.2) is 0 Å². The summed E-state index contributed by atoms with van der Waals surface area (Å²) in [6.45, 7) is 5.99. The van der Waals surface area contributed by atoms with Crippen LogP contribution < -0.4 is 19.7 Å². The number of anilines is 1. The van der Waals surface area contributed by atoms with E-state index in [1.165, 1.54) is 12.0 Å². The van der Waals surface area contributed by atoms with Crippen LogP contribution in [0.3, 0.4) is 0 Å². The van der Waals surface area contributed by atoms with Gasteiger partial charge in [-0.15, -0.1) is 0 Å². The molecule has 2 aromatic carbocycles. The minimum atomic E-state index is -0.972. The molecule has 1 N–H and O–H groups in total. The lowest BCUT2D eigenvalue weighted by atomic mass is 10.0. The molecule has 0 spiro atoms. The second-order valence-electron chi connectivity index (χ2n) is 10.4. The van der Waals surface area contributed by atoms with Gasteiger partial charge in [0, 0.05) is 25.2 Å². The minimum Gasteiger partial charge on any atom is -0.497 e. The third-order valence-electron chi connectivity index (χ3n) is 5.98. The Balaban J connectivity index is 1.60. The molecule has 3 rings (SSSR count). The van der Waals surface area contributed by atoms with Crippen LogP contribution in [-0.4, -0.2) is 62.0 Å². The maximum absolute atomic E-state index is 12.9. The highest BCUT2D eigenvalue weighted by Crippen LogP contribution is 2.25. The molecule has 0 fully saturated rings. The quantitative estimate of drug-likeness (QED) is 0.188. The second-order valence-corrected chi connectivity index (χ2v) is 11.2. The van der Waals surface area contributed by atoms with Crippen LogP contribution in [0.4, 0.5) is 10.6 Å². The second kappa shape index (κ2) is 15.5. The fraction of sp³-hybridized carbons (Fsp3) is 0.355. The number of carbonyl (C=O) groups excluding carboxylic acids is 3. The largest absolute Gasteiger partial charge is 0.497 e. The van der Waals surface area contributed by atoms with Gasteiger partial charge in [0.25, 0.3) is 5.91 Å². The monoisotopic (exact) mass is 631 g/mol. The Bertz CT molecular complexity index is 1390. The first kappa shape index (κ1) is 33.5. The highest BCUT2D eigenvalue weighted by atomic mass is 35.5. The van der Waals surface area contributed by atoms with Gasteiger partial charge in [-0.3, -0.25) is 9.69 Å². The zero-order valence-electron chi connectivity index (χ0n) is 24.7. The van der Waals surface area contributed by atoms with Gasteiger partial charge in [-0.2, -0.15) is 0 Å². The number of nitrogens with zero attached hydrogens (tertiary/aromatic N) is 2. The molecular weight excluding hydrogens is 597 g/mol. The van der Waals surface area contributed by atoms with Crippen LogP contribution in [-0.2, 0) is 20.7 Å². The summed E-state index contributed by atoms with van der Waals surface area (Å²) in [4.78, 5) is 43.9. The van der Waals surface area contributed by atoms with Crippen LogP contribution in [0.25, 0.3) is 0 Å².